The molecule has 3 rings (SSSR count). The van der Waals surface area contributed by atoms with Crippen molar-refractivity contribution < 1.29 is 0 Å². The molecule has 0 unspecified atom stereocenters. The Kier molecular flexibility index (Phi) is 4.84. The van der Waals surface area contributed by atoms with Crippen molar-refractivity contribution in [2.45, 2.75) is 0 Å². The summed E-state index contributed by atoms with van der Waals surface area (Å²) >= 11 is 7.88. The predicted molar refractivity (Wildman–Crippen MR) is 97.7 cm³/mol. The zero-order valence-electron chi connectivity index (χ0n) is 11.8. The van der Waals surface area contributed by atoms with Gasteiger partial charge >= 0.3 is 0 Å². The van der Waals surface area contributed by atoms with Gasteiger partial charge in [-0.2, -0.15) is 0 Å². The van der Waals surface area contributed by atoms with Crippen molar-refractivity contribution in [1.29, 1.82) is 0 Å². The molecule has 1 aromatic heterocycles. The molecule has 0 bridgehead atoms. The number of thiophene rings is 1. The van der Waals surface area contributed by atoms with Crippen molar-refractivity contribution in [3.63, 3.8) is 0 Å². The smallest absolute Gasteiger partial charge is 0.0716 e. The van der Waals surface area contributed by atoms with Gasteiger partial charge in [0.2, 0.25) is 0 Å². The van der Waals surface area contributed by atoms with E-state index in [1.807, 2.05) is 54.7 Å². The van der Waals surface area contributed by atoms with E-state index < -0.39 is 0 Å². The zero-order valence-corrected chi connectivity index (χ0v) is 13.4. The highest BCUT2D eigenvalue weighted by Crippen LogP contribution is 2.22. The maximum Gasteiger partial charge on any atom is 0.0716 e. The van der Waals surface area contributed by atoms with Gasteiger partial charge in [0, 0.05) is 27.2 Å². The fraction of sp³-hybridized carbons (Fsp3) is 0. The maximum absolute atomic E-state index is 6.19. The minimum Gasteiger partial charge on any atom is -0.256 e. The minimum absolute atomic E-state index is 0.704. The SMILES string of the molecule is Clc1ccccc1/C=N/C(=C/c1cccs1)c1ccccc1. The number of rotatable bonds is 4. The molecular weight excluding hydrogens is 310 g/mol. The van der Waals surface area contributed by atoms with Crippen LogP contribution in [0.1, 0.15) is 16.0 Å². The topological polar surface area (TPSA) is 12.4 Å². The van der Waals surface area contributed by atoms with E-state index in [4.69, 9.17) is 11.6 Å². The fourth-order valence-corrected chi connectivity index (χ4v) is 2.87. The van der Waals surface area contributed by atoms with Crippen molar-refractivity contribution in [2.75, 3.05) is 0 Å². The number of halogens is 1. The van der Waals surface area contributed by atoms with Crippen LogP contribution in [0, 0.1) is 0 Å². The molecule has 0 aliphatic rings. The Morgan fingerprint density at radius 1 is 0.909 bits per heavy atom. The molecule has 3 aromatic rings. The number of hydrogen-bond donors (Lipinski definition) is 0. The summed E-state index contributed by atoms with van der Waals surface area (Å²) in [6.45, 7) is 0. The van der Waals surface area contributed by atoms with E-state index in [1.54, 1.807) is 11.3 Å². The first-order chi connectivity index (χ1) is 10.8. The average molecular weight is 324 g/mol. The largest absolute Gasteiger partial charge is 0.256 e. The molecule has 0 spiro atoms. The number of hydrogen-bond acceptors (Lipinski definition) is 2. The van der Waals surface area contributed by atoms with Gasteiger partial charge < -0.3 is 0 Å². The maximum atomic E-state index is 6.19. The van der Waals surface area contributed by atoms with E-state index in [1.165, 1.54) is 4.88 Å². The van der Waals surface area contributed by atoms with Crippen LogP contribution in [-0.4, -0.2) is 6.21 Å². The predicted octanol–water partition coefficient (Wildman–Crippen LogP) is 6.02. The summed E-state index contributed by atoms with van der Waals surface area (Å²) in [7, 11) is 0. The van der Waals surface area contributed by atoms with Gasteiger partial charge in [-0.15, -0.1) is 11.3 Å². The summed E-state index contributed by atoms with van der Waals surface area (Å²) < 4.78 is 0. The summed E-state index contributed by atoms with van der Waals surface area (Å²) in [5.41, 5.74) is 2.92. The third-order valence-corrected chi connectivity index (χ3v) is 4.30. The summed E-state index contributed by atoms with van der Waals surface area (Å²) in [6, 6.07) is 22.0. The second kappa shape index (κ2) is 7.21. The lowest BCUT2D eigenvalue weighted by Gasteiger charge is -2.02. The van der Waals surface area contributed by atoms with Gasteiger partial charge in [0.05, 0.1) is 5.70 Å². The van der Waals surface area contributed by atoms with Crippen LogP contribution in [0.15, 0.2) is 77.1 Å². The quantitative estimate of drug-likeness (QED) is 0.521. The van der Waals surface area contributed by atoms with E-state index in [9.17, 15) is 0 Å². The highest BCUT2D eigenvalue weighted by atomic mass is 35.5. The molecule has 2 aromatic carbocycles. The summed E-state index contributed by atoms with van der Waals surface area (Å²) in [5, 5.41) is 2.77. The molecule has 3 heteroatoms. The summed E-state index contributed by atoms with van der Waals surface area (Å²) in [5.74, 6) is 0. The highest BCUT2D eigenvalue weighted by Gasteiger charge is 2.01. The molecule has 0 N–H and O–H groups in total. The second-order valence-electron chi connectivity index (χ2n) is 4.69. The molecule has 0 fully saturated rings. The molecule has 0 saturated carbocycles. The lowest BCUT2D eigenvalue weighted by molar-refractivity contribution is 1.52. The third-order valence-electron chi connectivity index (χ3n) is 3.14. The van der Waals surface area contributed by atoms with Gasteiger partial charge in [-0.1, -0.05) is 66.2 Å². The fourth-order valence-electron chi connectivity index (χ4n) is 2.03. The van der Waals surface area contributed by atoms with Crippen molar-refractivity contribution >= 4 is 40.9 Å². The molecule has 108 valence electrons. The van der Waals surface area contributed by atoms with E-state index in [0.29, 0.717) is 5.02 Å². The van der Waals surface area contributed by atoms with Gasteiger partial charge in [-0.25, -0.2) is 0 Å². The molecule has 0 amide bonds. The molecular formula is C19H14ClNS. The van der Waals surface area contributed by atoms with Gasteiger partial charge in [-0.3, -0.25) is 4.99 Å². The lowest BCUT2D eigenvalue weighted by atomic mass is 10.1. The number of nitrogens with zero attached hydrogens (tertiary/aromatic N) is 1. The van der Waals surface area contributed by atoms with Crippen molar-refractivity contribution in [3.05, 3.63) is 93.1 Å². The monoisotopic (exact) mass is 323 g/mol. The van der Waals surface area contributed by atoms with Gasteiger partial charge in [0.25, 0.3) is 0 Å². The third kappa shape index (κ3) is 3.73. The van der Waals surface area contributed by atoms with E-state index in [0.717, 1.165) is 16.8 Å². The van der Waals surface area contributed by atoms with E-state index in [2.05, 4.69) is 34.6 Å². The van der Waals surface area contributed by atoms with Crippen LogP contribution in [0.2, 0.25) is 5.02 Å². The van der Waals surface area contributed by atoms with Crippen molar-refractivity contribution in [2.24, 2.45) is 4.99 Å². The first-order valence-corrected chi connectivity index (χ1v) is 8.18. The molecule has 0 aliphatic heterocycles. The van der Waals surface area contributed by atoms with Gasteiger partial charge in [0.1, 0.15) is 0 Å². The Morgan fingerprint density at radius 3 is 2.41 bits per heavy atom. The molecule has 0 aliphatic carbocycles. The van der Waals surface area contributed by atoms with Crippen LogP contribution in [0.3, 0.4) is 0 Å². The van der Waals surface area contributed by atoms with Crippen LogP contribution in [-0.2, 0) is 0 Å². The standard InChI is InChI=1S/C19H14ClNS/c20-18-11-5-4-9-16(18)14-21-19(13-17-10-6-12-22-17)15-7-2-1-3-8-15/h1-14H/b19-13+,21-14+. The normalized spacial score (nSPS) is 12.0. The zero-order chi connectivity index (χ0) is 15.2. The van der Waals surface area contributed by atoms with Gasteiger partial charge in [-0.05, 0) is 23.6 Å². The minimum atomic E-state index is 0.704. The molecule has 0 saturated heterocycles. The second-order valence-corrected chi connectivity index (χ2v) is 6.08. The summed E-state index contributed by atoms with van der Waals surface area (Å²) in [4.78, 5) is 5.83. The first-order valence-electron chi connectivity index (χ1n) is 6.92. The Labute approximate surface area is 139 Å². The van der Waals surface area contributed by atoms with E-state index in [-0.39, 0.29) is 0 Å². The molecule has 0 radical (unpaired) electrons. The Balaban J connectivity index is 1.98. The summed E-state index contributed by atoms with van der Waals surface area (Å²) in [6.07, 6.45) is 3.90. The molecule has 1 nitrogen and oxygen atoms in total. The average Bonchev–Trinajstić information content (AvgIpc) is 3.07. The van der Waals surface area contributed by atoms with E-state index >= 15 is 0 Å². The Hall–Kier alpha value is -2.16. The molecule has 1 heterocycles. The van der Waals surface area contributed by atoms with Crippen LogP contribution >= 0.6 is 22.9 Å². The van der Waals surface area contributed by atoms with Crippen LogP contribution in [0.4, 0.5) is 0 Å². The molecule has 22 heavy (non-hydrogen) atoms. The Bertz CT molecular complexity index is 789. The highest BCUT2D eigenvalue weighted by molar-refractivity contribution is 7.10. The lowest BCUT2D eigenvalue weighted by Crippen LogP contribution is -1.85. The number of aliphatic imine (C=N–C) groups is 1. The van der Waals surface area contributed by atoms with Crippen molar-refractivity contribution in [1.82, 2.24) is 0 Å². The first kappa shape index (κ1) is 14.8. The van der Waals surface area contributed by atoms with Crippen LogP contribution in [0.5, 0.6) is 0 Å². The van der Waals surface area contributed by atoms with Gasteiger partial charge in [0.15, 0.2) is 0 Å². The van der Waals surface area contributed by atoms with Crippen LogP contribution < -0.4 is 0 Å². The molecule has 0 atom stereocenters. The van der Waals surface area contributed by atoms with Crippen molar-refractivity contribution in [3.8, 4) is 0 Å². The Morgan fingerprint density at radius 2 is 1.68 bits per heavy atom. The van der Waals surface area contributed by atoms with Crippen LogP contribution in [0.25, 0.3) is 11.8 Å². The number of benzene rings is 2.